The summed E-state index contributed by atoms with van der Waals surface area (Å²) in [7, 11) is 0. The Balaban J connectivity index is 2.19. The third kappa shape index (κ3) is 4.70. The Morgan fingerprint density at radius 1 is 1.33 bits per heavy atom. The first-order valence-electron chi connectivity index (χ1n) is 6.89. The minimum atomic E-state index is 0.614. The number of pyridine rings is 1. The molecule has 0 saturated carbocycles. The minimum absolute atomic E-state index is 0.614. The van der Waals surface area contributed by atoms with E-state index in [0.717, 1.165) is 45.9 Å². The van der Waals surface area contributed by atoms with Gasteiger partial charge in [0.2, 0.25) is 5.88 Å². The Hall–Kier alpha value is -1.10. The summed E-state index contributed by atoms with van der Waals surface area (Å²) in [5.41, 5.74) is 2.00. The smallest absolute Gasteiger partial charge is 0.223 e. The molecule has 0 amide bonds. The molecule has 1 N–H and O–H groups in total. The summed E-state index contributed by atoms with van der Waals surface area (Å²) >= 11 is 9.48. The number of halogens is 2. The molecule has 21 heavy (non-hydrogen) atoms. The van der Waals surface area contributed by atoms with Gasteiger partial charge in [-0.15, -0.1) is 0 Å². The topological polar surface area (TPSA) is 34.2 Å². The largest absolute Gasteiger partial charge is 0.439 e. The molecule has 5 heteroatoms. The molecule has 0 fully saturated rings. The number of aromatic nitrogens is 1. The van der Waals surface area contributed by atoms with Crippen molar-refractivity contribution in [1.82, 2.24) is 10.3 Å². The zero-order valence-electron chi connectivity index (χ0n) is 12.1. The van der Waals surface area contributed by atoms with E-state index in [2.05, 4.69) is 33.2 Å². The van der Waals surface area contributed by atoms with Crippen molar-refractivity contribution in [2.75, 3.05) is 6.54 Å². The zero-order valence-corrected chi connectivity index (χ0v) is 14.5. The second kappa shape index (κ2) is 7.78. The highest BCUT2D eigenvalue weighted by molar-refractivity contribution is 9.10. The highest BCUT2D eigenvalue weighted by atomic mass is 79.9. The number of hydrogen-bond donors (Lipinski definition) is 1. The van der Waals surface area contributed by atoms with E-state index in [4.69, 9.17) is 16.3 Å². The number of ether oxygens (including phenoxy) is 1. The number of hydrogen-bond acceptors (Lipinski definition) is 3. The van der Waals surface area contributed by atoms with Crippen LogP contribution in [0.1, 0.15) is 24.5 Å². The Morgan fingerprint density at radius 3 is 2.86 bits per heavy atom. The summed E-state index contributed by atoms with van der Waals surface area (Å²) in [6.45, 7) is 5.78. The van der Waals surface area contributed by atoms with Crippen LogP contribution in [-0.4, -0.2) is 11.5 Å². The molecular weight excluding hydrogens is 352 g/mol. The van der Waals surface area contributed by atoms with E-state index in [9.17, 15) is 0 Å². The van der Waals surface area contributed by atoms with Gasteiger partial charge in [-0.1, -0.05) is 18.5 Å². The fourth-order valence-corrected chi connectivity index (χ4v) is 2.38. The van der Waals surface area contributed by atoms with E-state index in [1.54, 1.807) is 6.20 Å². The molecule has 0 aliphatic carbocycles. The van der Waals surface area contributed by atoms with Gasteiger partial charge in [-0.25, -0.2) is 4.98 Å². The van der Waals surface area contributed by atoms with Crippen molar-refractivity contribution in [3.63, 3.8) is 0 Å². The van der Waals surface area contributed by atoms with Gasteiger partial charge < -0.3 is 10.1 Å². The molecule has 0 aliphatic rings. The molecule has 1 aromatic heterocycles. The molecule has 0 spiro atoms. The summed E-state index contributed by atoms with van der Waals surface area (Å²) < 4.78 is 6.84. The fraction of sp³-hybridized carbons (Fsp3) is 0.312. The van der Waals surface area contributed by atoms with Crippen LogP contribution >= 0.6 is 27.5 Å². The van der Waals surface area contributed by atoms with Crippen molar-refractivity contribution >= 4 is 27.5 Å². The predicted octanol–water partition coefficient (Wildman–Crippen LogP) is 5.10. The summed E-state index contributed by atoms with van der Waals surface area (Å²) in [5.74, 6) is 1.35. The van der Waals surface area contributed by atoms with Crippen molar-refractivity contribution in [3.8, 4) is 11.6 Å². The summed E-state index contributed by atoms with van der Waals surface area (Å²) in [6.07, 6.45) is 2.83. The molecule has 112 valence electrons. The molecule has 2 aromatic rings. The third-order valence-corrected chi connectivity index (χ3v) is 3.84. The van der Waals surface area contributed by atoms with Gasteiger partial charge in [-0.2, -0.15) is 0 Å². The first-order valence-corrected chi connectivity index (χ1v) is 8.06. The Morgan fingerprint density at radius 2 is 2.14 bits per heavy atom. The zero-order chi connectivity index (χ0) is 15.2. The van der Waals surface area contributed by atoms with Crippen molar-refractivity contribution in [1.29, 1.82) is 0 Å². The molecular formula is C16H18BrClN2O. The van der Waals surface area contributed by atoms with E-state index in [-0.39, 0.29) is 0 Å². The van der Waals surface area contributed by atoms with E-state index < -0.39 is 0 Å². The summed E-state index contributed by atoms with van der Waals surface area (Å²) in [4.78, 5) is 4.36. The van der Waals surface area contributed by atoms with Gasteiger partial charge in [-0.05, 0) is 65.6 Å². The quantitative estimate of drug-likeness (QED) is 0.719. The van der Waals surface area contributed by atoms with Crippen LogP contribution in [0.3, 0.4) is 0 Å². The maximum absolute atomic E-state index is 6.03. The lowest BCUT2D eigenvalue weighted by atomic mass is 10.2. The third-order valence-electron chi connectivity index (χ3n) is 2.98. The van der Waals surface area contributed by atoms with Crippen molar-refractivity contribution in [3.05, 3.63) is 51.1 Å². The van der Waals surface area contributed by atoms with Gasteiger partial charge in [0.05, 0.1) is 0 Å². The number of benzene rings is 1. The summed E-state index contributed by atoms with van der Waals surface area (Å²) in [5, 5.41) is 4.10. The molecule has 1 heterocycles. The van der Waals surface area contributed by atoms with Gasteiger partial charge >= 0.3 is 0 Å². The highest BCUT2D eigenvalue weighted by Crippen LogP contribution is 2.28. The lowest BCUT2D eigenvalue weighted by Crippen LogP contribution is -2.14. The lowest BCUT2D eigenvalue weighted by Gasteiger charge is -2.12. The first kappa shape index (κ1) is 16.3. The van der Waals surface area contributed by atoms with E-state index in [1.165, 1.54) is 0 Å². The van der Waals surface area contributed by atoms with Crippen LogP contribution in [0.2, 0.25) is 5.02 Å². The number of aryl methyl sites for hydroxylation is 1. The van der Waals surface area contributed by atoms with Gasteiger partial charge in [0.15, 0.2) is 0 Å². The average Bonchev–Trinajstić information content (AvgIpc) is 2.46. The van der Waals surface area contributed by atoms with E-state index in [1.807, 2.05) is 31.2 Å². The van der Waals surface area contributed by atoms with Crippen molar-refractivity contribution in [2.45, 2.75) is 26.8 Å². The predicted molar refractivity (Wildman–Crippen MR) is 90.2 cm³/mol. The van der Waals surface area contributed by atoms with Crippen LogP contribution in [0.25, 0.3) is 0 Å². The van der Waals surface area contributed by atoms with Crippen LogP contribution in [0.5, 0.6) is 11.6 Å². The SMILES string of the molecule is CCCNCc1cc(Br)cnc1Oc1ccc(Cl)c(C)c1. The number of nitrogens with zero attached hydrogens (tertiary/aromatic N) is 1. The monoisotopic (exact) mass is 368 g/mol. The van der Waals surface area contributed by atoms with Crippen molar-refractivity contribution in [2.24, 2.45) is 0 Å². The summed E-state index contributed by atoms with van der Waals surface area (Å²) in [6, 6.07) is 7.62. The molecule has 0 bridgehead atoms. The van der Waals surface area contributed by atoms with Crippen LogP contribution < -0.4 is 10.1 Å². The fourth-order valence-electron chi connectivity index (χ4n) is 1.88. The van der Waals surface area contributed by atoms with Crippen LogP contribution in [0, 0.1) is 6.92 Å². The molecule has 1 aromatic carbocycles. The maximum Gasteiger partial charge on any atom is 0.223 e. The van der Waals surface area contributed by atoms with E-state index >= 15 is 0 Å². The Labute approximate surface area is 138 Å². The van der Waals surface area contributed by atoms with Gasteiger partial charge in [0.25, 0.3) is 0 Å². The number of rotatable bonds is 6. The molecule has 0 radical (unpaired) electrons. The average molecular weight is 370 g/mol. The molecule has 0 unspecified atom stereocenters. The van der Waals surface area contributed by atoms with E-state index in [0.29, 0.717) is 5.88 Å². The molecule has 3 nitrogen and oxygen atoms in total. The Kier molecular flexibility index (Phi) is 6.03. The molecule has 0 saturated heterocycles. The Bertz CT molecular complexity index is 619. The van der Waals surface area contributed by atoms with Crippen molar-refractivity contribution < 1.29 is 4.74 Å². The second-order valence-corrected chi connectivity index (χ2v) is 6.13. The minimum Gasteiger partial charge on any atom is -0.439 e. The maximum atomic E-state index is 6.03. The normalized spacial score (nSPS) is 10.7. The lowest BCUT2D eigenvalue weighted by molar-refractivity contribution is 0.452. The highest BCUT2D eigenvalue weighted by Gasteiger charge is 2.08. The molecule has 2 rings (SSSR count). The van der Waals surface area contributed by atoms with Crippen LogP contribution in [0.4, 0.5) is 0 Å². The standard InChI is InChI=1S/C16H18BrClN2O/c1-3-6-19-9-12-8-13(17)10-20-16(12)21-14-4-5-15(18)11(2)7-14/h4-5,7-8,10,19H,3,6,9H2,1-2H3. The number of nitrogens with one attached hydrogen (secondary N) is 1. The molecule has 0 aliphatic heterocycles. The van der Waals surface area contributed by atoms with Gasteiger partial charge in [0, 0.05) is 27.8 Å². The second-order valence-electron chi connectivity index (χ2n) is 4.81. The first-order chi connectivity index (χ1) is 10.1. The van der Waals surface area contributed by atoms with Gasteiger partial charge in [0.1, 0.15) is 5.75 Å². The van der Waals surface area contributed by atoms with Crippen LogP contribution in [0.15, 0.2) is 34.9 Å². The molecule has 0 atom stereocenters. The van der Waals surface area contributed by atoms with Gasteiger partial charge in [-0.3, -0.25) is 0 Å². The van der Waals surface area contributed by atoms with Crippen LogP contribution in [-0.2, 0) is 6.54 Å².